The zero-order valence-corrected chi connectivity index (χ0v) is 15.6. The van der Waals surface area contributed by atoms with Crippen LogP contribution in [-0.2, 0) is 11.8 Å². The molecule has 0 aliphatic rings. The average molecular weight is 373 g/mol. The Bertz CT molecular complexity index is 1220. The summed E-state index contributed by atoms with van der Waals surface area (Å²) in [5.41, 5.74) is 2.12. The number of azo groups is 1. The van der Waals surface area contributed by atoms with Crippen molar-refractivity contribution < 1.29 is 14.6 Å². The molecule has 1 amide bonds. The highest BCUT2D eigenvalue weighted by Crippen LogP contribution is 2.38. The fourth-order valence-electron chi connectivity index (χ4n) is 3.22. The zero-order chi connectivity index (χ0) is 19.7. The molecule has 0 saturated heterocycles. The van der Waals surface area contributed by atoms with Crippen molar-refractivity contribution in [2.75, 3.05) is 6.61 Å². The Morgan fingerprint density at radius 1 is 1.07 bits per heavy atom. The summed E-state index contributed by atoms with van der Waals surface area (Å²) in [6, 6.07) is 19.2. The molecule has 6 nitrogen and oxygen atoms in total. The first-order valence-electron chi connectivity index (χ1n) is 8.88. The number of fused-ring (bicyclic) bond motifs is 2. The minimum atomic E-state index is -0.531. The van der Waals surface area contributed by atoms with Gasteiger partial charge in [0, 0.05) is 17.8 Å². The number of hydrogen-bond acceptors (Lipinski definition) is 4. The Kier molecular flexibility index (Phi) is 4.53. The summed E-state index contributed by atoms with van der Waals surface area (Å²) in [6.45, 7) is 1.72. The number of amides is 1. The quantitative estimate of drug-likeness (QED) is 0.510. The van der Waals surface area contributed by atoms with Crippen molar-refractivity contribution in [2.24, 2.45) is 17.3 Å². The second-order valence-electron chi connectivity index (χ2n) is 6.61. The van der Waals surface area contributed by atoms with E-state index < -0.39 is 5.91 Å². The van der Waals surface area contributed by atoms with Crippen molar-refractivity contribution >= 4 is 33.3 Å². The fourth-order valence-corrected chi connectivity index (χ4v) is 3.22. The van der Waals surface area contributed by atoms with Gasteiger partial charge in [-0.2, -0.15) is 0 Å². The second-order valence-corrected chi connectivity index (χ2v) is 6.61. The molecule has 0 aliphatic carbocycles. The predicted molar refractivity (Wildman–Crippen MR) is 108 cm³/mol. The third kappa shape index (κ3) is 3.20. The van der Waals surface area contributed by atoms with Crippen molar-refractivity contribution in [3.63, 3.8) is 0 Å². The number of benzene rings is 3. The molecule has 0 aliphatic heterocycles. The van der Waals surface area contributed by atoms with Gasteiger partial charge >= 0.3 is 5.91 Å². The summed E-state index contributed by atoms with van der Waals surface area (Å²) in [6.07, 6.45) is 0. The lowest BCUT2D eigenvalue weighted by Gasteiger charge is -2.07. The number of aromatic hydroxyl groups is 1. The molecular formula is C22H19N3O3. The van der Waals surface area contributed by atoms with Crippen molar-refractivity contribution in [1.82, 2.24) is 4.57 Å². The van der Waals surface area contributed by atoms with Crippen LogP contribution in [0.25, 0.3) is 21.7 Å². The molecule has 0 radical (unpaired) electrons. The van der Waals surface area contributed by atoms with Crippen LogP contribution in [0.15, 0.2) is 70.9 Å². The van der Waals surface area contributed by atoms with Gasteiger partial charge in [-0.1, -0.05) is 48.0 Å². The number of nitrogens with zero attached hydrogens (tertiary/aromatic N) is 3. The molecule has 0 spiro atoms. The minimum absolute atomic E-state index is 0.0351. The maximum absolute atomic E-state index is 12.2. The van der Waals surface area contributed by atoms with Crippen molar-refractivity contribution in [3.8, 4) is 11.6 Å². The van der Waals surface area contributed by atoms with Gasteiger partial charge in [-0.3, -0.25) is 4.79 Å². The number of hydrogen-bond donors (Lipinski definition) is 1. The zero-order valence-electron chi connectivity index (χ0n) is 15.6. The first-order chi connectivity index (χ1) is 13.5. The van der Waals surface area contributed by atoms with E-state index in [1.54, 1.807) is 11.6 Å². The topological polar surface area (TPSA) is 76.2 Å². The van der Waals surface area contributed by atoms with E-state index in [2.05, 4.69) is 10.2 Å². The molecule has 0 unspecified atom stereocenters. The van der Waals surface area contributed by atoms with Crippen LogP contribution >= 0.6 is 0 Å². The standard InChI is InChI=1S/C22H19N3O3/c1-14-10-11-18-17(12-14)21(22(27)25(18)2)24-23-20(26)13-28-19-9-5-7-15-6-3-4-8-16(15)19/h3-12,27H,13H2,1-2H3. The van der Waals surface area contributed by atoms with Crippen LogP contribution in [0.3, 0.4) is 0 Å². The molecule has 0 fully saturated rings. The highest BCUT2D eigenvalue weighted by atomic mass is 16.5. The lowest BCUT2D eigenvalue weighted by molar-refractivity contribution is -0.120. The van der Waals surface area contributed by atoms with E-state index in [0.717, 1.165) is 27.2 Å². The van der Waals surface area contributed by atoms with Gasteiger partial charge in [0.05, 0.1) is 5.52 Å². The third-order valence-corrected chi connectivity index (χ3v) is 4.66. The largest absolute Gasteiger partial charge is 0.493 e. The summed E-state index contributed by atoms with van der Waals surface area (Å²) >= 11 is 0. The van der Waals surface area contributed by atoms with Gasteiger partial charge in [-0.05, 0) is 30.5 Å². The van der Waals surface area contributed by atoms with Crippen molar-refractivity contribution in [3.05, 3.63) is 66.2 Å². The van der Waals surface area contributed by atoms with E-state index in [4.69, 9.17) is 4.74 Å². The number of aryl methyl sites for hydroxylation is 2. The number of aromatic nitrogens is 1. The summed E-state index contributed by atoms with van der Waals surface area (Å²) in [5, 5.41) is 20.7. The van der Waals surface area contributed by atoms with Gasteiger partial charge in [-0.15, -0.1) is 10.2 Å². The van der Waals surface area contributed by atoms with Gasteiger partial charge in [0.1, 0.15) is 5.75 Å². The SMILES string of the molecule is Cc1ccc2c(c1)c(N=NC(=O)COc1cccc3ccccc13)c(O)n2C. The van der Waals surface area contributed by atoms with Gasteiger partial charge in [0.15, 0.2) is 12.3 Å². The van der Waals surface area contributed by atoms with Crippen LogP contribution in [0.1, 0.15) is 5.56 Å². The molecule has 0 atom stereocenters. The van der Waals surface area contributed by atoms with E-state index in [-0.39, 0.29) is 18.2 Å². The van der Waals surface area contributed by atoms with Gasteiger partial charge in [0.25, 0.3) is 0 Å². The number of rotatable bonds is 4. The Morgan fingerprint density at radius 3 is 2.71 bits per heavy atom. The van der Waals surface area contributed by atoms with E-state index in [0.29, 0.717) is 5.75 Å². The molecule has 4 aromatic rings. The monoisotopic (exact) mass is 373 g/mol. The molecule has 4 rings (SSSR count). The van der Waals surface area contributed by atoms with Gasteiger partial charge in [0.2, 0.25) is 5.88 Å². The maximum Gasteiger partial charge on any atom is 0.302 e. The summed E-state index contributed by atoms with van der Waals surface area (Å²) < 4.78 is 7.25. The molecule has 3 aromatic carbocycles. The van der Waals surface area contributed by atoms with E-state index in [1.807, 2.05) is 67.6 Å². The molecule has 140 valence electrons. The van der Waals surface area contributed by atoms with E-state index >= 15 is 0 Å². The van der Waals surface area contributed by atoms with Gasteiger partial charge < -0.3 is 14.4 Å². The normalized spacial score (nSPS) is 11.5. The Labute approximate surface area is 161 Å². The average Bonchev–Trinajstić information content (AvgIpc) is 2.94. The Hall–Kier alpha value is -3.67. The van der Waals surface area contributed by atoms with Gasteiger partial charge in [-0.25, -0.2) is 0 Å². The van der Waals surface area contributed by atoms with Crippen LogP contribution in [0.5, 0.6) is 11.6 Å². The molecular weight excluding hydrogens is 354 g/mol. The van der Waals surface area contributed by atoms with E-state index in [1.165, 1.54) is 0 Å². The highest BCUT2D eigenvalue weighted by molar-refractivity contribution is 5.95. The van der Waals surface area contributed by atoms with Crippen LogP contribution in [0.2, 0.25) is 0 Å². The number of carbonyl (C=O) groups excluding carboxylic acids is 1. The maximum atomic E-state index is 12.2. The lowest BCUT2D eigenvalue weighted by Crippen LogP contribution is -2.08. The van der Waals surface area contributed by atoms with Crippen LogP contribution in [0.4, 0.5) is 5.69 Å². The first kappa shape index (κ1) is 17.7. The Balaban J connectivity index is 1.54. The molecule has 0 bridgehead atoms. The minimum Gasteiger partial charge on any atom is -0.493 e. The van der Waals surface area contributed by atoms with Crippen molar-refractivity contribution in [1.29, 1.82) is 0 Å². The van der Waals surface area contributed by atoms with Crippen molar-refractivity contribution in [2.45, 2.75) is 6.92 Å². The smallest absolute Gasteiger partial charge is 0.302 e. The summed E-state index contributed by atoms with van der Waals surface area (Å²) in [7, 11) is 1.73. The highest BCUT2D eigenvalue weighted by Gasteiger charge is 2.15. The predicted octanol–water partition coefficient (Wildman–Crippen LogP) is 5.03. The number of ether oxygens (including phenoxy) is 1. The van der Waals surface area contributed by atoms with Crippen LogP contribution in [-0.4, -0.2) is 22.2 Å². The third-order valence-electron chi connectivity index (χ3n) is 4.66. The van der Waals surface area contributed by atoms with E-state index in [9.17, 15) is 9.90 Å². The Morgan fingerprint density at radius 2 is 1.86 bits per heavy atom. The molecule has 1 heterocycles. The summed E-state index contributed by atoms with van der Waals surface area (Å²) in [4.78, 5) is 12.2. The first-order valence-corrected chi connectivity index (χ1v) is 8.88. The molecule has 1 N–H and O–H groups in total. The van der Waals surface area contributed by atoms with Crippen LogP contribution in [0, 0.1) is 6.92 Å². The molecule has 1 aromatic heterocycles. The lowest BCUT2D eigenvalue weighted by atomic mass is 10.1. The number of carbonyl (C=O) groups is 1. The molecule has 0 saturated carbocycles. The fraction of sp³-hybridized carbons (Fsp3) is 0.136. The molecule has 28 heavy (non-hydrogen) atoms. The second kappa shape index (κ2) is 7.15. The van der Waals surface area contributed by atoms with Crippen LogP contribution < -0.4 is 4.74 Å². The summed E-state index contributed by atoms with van der Waals surface area (Å²) in [5.74, 6) is 0.0504. The molecule has 6 heteroatoms.